The highest BCUT2D eigenvalue weighted by Gasteiger charge is 2.19. The first kappa shape index (κ1) is 17.3. The number of hydrogen-bond donors (Lipinski definition) is 1. The maximum atomic E-state index is 12.4. The molecule has 0 aliphatic carbocycles. The summed E-state index contributed by atoms with van der Waals surface area (Å²) in [4.78, 5) is 8.21. The van der Waals surface area contributed by atoms with Crippen molar-refractivity contribution in [2.45, 2.75) is 25.4 Å². The molecule has 0 radical (unpaired) electrons. The molecule has 0 aliphatic heterocycles. The molecule has 0 amide bonds. The standard InChI is InChI=1S/C15H16N8O3S/c1-9-17-15(26-21-9)11-4-5-23-12(6-11)19-20-13(23)7-16-27(24,25)14-8-22(3)10(2)18-14/h4-6,8,16H,7H2,1-3H3. The van der Waals surface area contributed by atoms with E-state index < -0.39 is 10.0 Å². The van der Waals surface area contributed by atoms with Crippen LogP contribution in [0.4, 0.5) is 0 Å². The number of sulfonamides is 1. The summed E-state index contributed by atoms with van der Waals surface area (Å²) in [5.74, 6) is 1.96. The molecule has 0 atom stereocenters. The molecule has 0 spiro atoms. The van der Waals surface area contributed by atoms with Crippen molar-refractivity contribution in [2.24, 2.45) is 7.05 Å². The van der Waals surface area contributed by atoms with E-state index in [0.717, 1.165) is 0 Å². The lowest BCUT2D eigenvalue weighted by molar-refractivity contribution is 0.425. The molecule has 140 valence electrons. The molecule has 0 unspecified atom stereocenters. The van der Waals surface area contributed by atoms with Crippen molar-refractivity contribution in [3.05, 3.63) is 42.0 Å². The van der Waals surface area contributed by atoms with Gasteiger partial charge in [0, 0.05) is 25.0 Å². The second-order valence-electron chi connectivity index (χ2n) is 5.97. The van der Waals surface area contributed by atoms with Gasteiger partial charge in [-0.2, -0.15) is 4.98 Å². The summed E-state index contributed by atoms with van der Waals surface area (Å²) in [6.07, 6.45) is 3.18. The van der Waals surface area contributed by atoms with Crippen LogP contribution in [0.3, 0.4) is 0 Å². The predicted molar refractivity (Wildman–Crippen MR) is 93.0 cm³/mol. The minimum atomic E-state index is -3.75. The molecule has 11 nitrogen and oxygen atoms in total. The molecule has 0 bridgehead atoms. The fraction of sp³-hybridized carbons (Fsp3) is 0.267. The number of nitrogens with zero attached hydrogens (tertiary/aromatic N) is 7. The normalized spacial score (nSPS) is 12.1. The second-order valence-corrected chi connectivity index (χ2v) is 7.68. The van der Waals surface area contributed by atoms with E-state index in [1.54, 1.807) is 48.2 Å². The minimum Gasteiger partial charge on any atom is -0.337 e. The summed E-state index contributed by atoms with van der Waals surface area (Å²) in [5.41, 5.74) is 1.23. The average Bonchev–Trinajstić information content (AvgIpc) is 3.32. The van der Waals surface area contributed by atoms with Gasteiger partial charge < -0.3 is 9.09 Å². The summed E-state index contributed by atoms with van der Waals surface area (Å²) >= 11 is 0. The zero-order valence-electron chi connectivity index (χ0n) is 14.8. The zero-order valence-corrected chi connectivity index (χ0v) is 15.6. The summed E-state index contributed by atoms with van der Waals surface area (Å²) in [5, 5.41) is 11.8. The molecule has 1 N–H and O–H groups in total. The number of hydrogen-bond acceptors (Lipinski definition) is 8. The highest BCUT2D eigenvalue weighted by Crippen LogP contribution is 2.19. The van der Waals surface area contributed by atoms with Gasteiger partial charge in [-0.1, -0.05) is 5.16 Å². The highest BCUT2D eigenvalue weighted by atomic mass is 32.2. The molecule has 27 heavy (non-hydrogen) atoms. The van der Waals surface area contributed by atoms with E-state index in [-0.39, 0.29) is 11.6 Å². The maximum Gasteiger partial charge on any atom is 0.260 e. The lowest BCUT2D eigenvalue weighted by Crippen LogP contribution is -2.24. The third kappa shape index (κ3) is 3.19. The van der Waals surface area contributed by atoms with Crippen LogP contribution in [0, 0.1) is 13.8 Å². The van der Waals surface area contributed by atoms with Gasteiger partial charge in [0.25, 0.3) is 15.9 Å². The molecule has 4 rings (SSSR count). The molecule has 0 saturated heterocycles. The van der Waals surface area contributed by atoms with E-state index in [1.165, 1.54) is 6.20 Å². The number of nitrogens with one attached hydrogen (secondary N) is 1. The lowest BCUT2D eigenvalue weighted by Gasteiger charge is -2.03. The predicted octanol–water partition coefficient (Wildman–Crippen LogP) is 0.608. The molecule has 0 aliphatic rings. The van der Waals surface area contributed by atoms with Crippen molar-refractivity contribution in [2.75, 3.05) is 0 Å². The molecular weight excluding hydrogens is 372 g/mol. The van der Waals surface area contributed by atoms with E-state index in [9.17, 15) is 8.42 Å². The third-order valence-corrected chi connectivity index (χ3v) is 5.31. The fourth-order valence-corrected chi connectivity index (χ4v) is 3.51. The van der Waals surface area contributed by atoms with Crippen molar-refractivity contribution in [3.8, 4) is 11.5 Å². The Balaban J connectivity index is 1.57. The summed E-state index contributed by atoms with van der Waals surface area (Å²) in [6, 6.07) is 3.50. The van der Waals surface area contributed by atoms with Crippen molar-refractivity contribution < 1.29 is 12.9 Å². The van der Waals surface area contributed by atoms with E-state index in [2.05, 4.69) is 30.0 Å². The van der Waals surface area contributed by atoms with Crippen LogP contribution in [-0.2, 0) is 23.6 Å². The summed E-state index contributed by atoms with van der Waals surface area (Å²) < 4.78 is 35.7. The van der Waals surface area contributed by atoms with E-state index in [1.807, 2.05) is 0 Å². The Morgan fingerprint density at radius 1 is 1.22 bits per heavy atom. The van der Waals surface area contributed by atoms with E-state index >= 15 is 0 Å². The Morgan fingerprint density at radius 2 is 2.04 bits per heavy atom. The van der Waals surface area contributed by atoms with Crippen molar-refractivity contribution in [1.82, 2.24) is 39.0 Å². The quantitative estimate of drug-likeness (QED) is 0.526. The molecule has 0 aromatic carbocycles. The number of aromatic nitrogens is 7. The molecule has 4 aromatic rings. The Bertz CT molecular complexity index is 1220. The van der Waals surface area contributed by atoms with Crippen LogP contribution < -0.4 is 4.72 Å². The van der Waals surface area contributed by atoms with Crippen molar-refractivity contribution >= 4 is 15.7 Å². The topological polar surface area (TPSA) is 133 Å². The second kappa shape index (κ2) is 6.25. The number of fused-ring (bicyclic) bond motifs is 1. The molecule has 4 heterocycles. The zero-order chi connectivity index (χ0) is 19.2. The molecule has 0 saturated carbocycles. The van der Waals surface area contributed by atoms with Crippen LogP contribution in [0.15, 0.2) is 34.1 Å². The van der Waals surface area contributed by atoms with Crippen LogP contribution >= 0.6 is 0 Å². The average molecular weight is 388 g/mol. The van der Waals surface area contributed by atoms with Gasteiger partial charge >= 0.3 is 0 Å². The number of imidazole rings is 1. The smallest absolute Gasteiger partial charge is 0.260 e. The highest BCUT2D eigenvalue weighted by molar-refractivity contribution is 7.89. The minimum absolute atomic E-state index is 0.0296. The van der Waals surface area contributed by atoms with Crippen LogP contribution in [0.25, 0.3) is 17.1 Å². The van der Waals surface area contributed by atoms with Gasteiger partial charge in [0.2, 0.25) is 0 Å². The Labute approximate surface area is 154 Å². The fourth-order valence-electron chi connectivity index (χ4n) is 2.50. The molecular formula is C15H16N8O3S. The molecule has 4 aromatic heterocycles. The van der Waals surface area contributed by atoms with E-state index in [0.29, 0.717) is 34.6 Å². The first-order valence-electron chi connectivity index (χ1n) is 7.97. The number of aryl methyl sites for hydroxylation is 3. The molecule has 12 heteroatoms. The molecule has 0 fully saturated rings. The SMILES string of the molecule is Cc1noc(-c2ccn3c(CNS(=O)(=O)c4cn(C)c(C)n4)nnc3c2)n1. The largest absolute Gasteiger partial charge is 0.337 e. The van der Waals surface area contributed by atoms with E-state index in [4.69, 9.17) is 4.52 Å². The maximum absolute atomic E-state index is 12.4. The third-order valence-electron chi connectivity index (χ3n) is 4.04. The van der Waals surface area contributed by atoms with Gasteiger partial charge in [0.15, 0.2) is 22.3 Å². The van der Waals surface area contributed by atoms with Crippen LogP contribution in [0.2, 0.25) is 0 Å². The van der Waals surface area contributed by atoms with Gasteiger partial charge in [-0.3, -0.25) is 4.40 Å². The number of rotatable bonds is 5. The van der Waals surface area contributed by atoms with Gasteiger partial charge in [0.1, 0.15) is 5.82 Å². The Hall–Kier alpha value is -3.12. The van der Waals surface area contributed by atoms with Crippen LogP contribution in [-0.4, -0.2) is 42.7 Å². The van der Waals surface area contributed by atoms with Crippen molar-refractivity contribution in [1.29, 1.82) is 0 Å². The summed E-state index contributed by atoms with van der Waals surface area (Å²) in [6.45, 7) is 3.43. The number of pyridine rings is 1. The van der Waals surface area contributed by atoms with Gasteiger partial charge in [0.05, 0.1) is 6.54 Å². The first-order valence-corrected chi connectivity index (χ1v) is 9.46. The van der Waals surface area contributed by atoms with Crippen LogP contribution in [0.1, 0.15) is 17.5 Å². The first-order chi connectivity index (χ1) is 12.8. The van der Waals surface area contributed by atoms with Crippen LogP contribution in [0.5, 0.6) is 0 Å². The summed E-state index contributed by atoms with van der Waals surface area (Å²) in [7, 11) is -2.02. The Morgan fingerprint density at radius 3 is 2.70 bits per heavy atom. The van der Waals surface area contributed by atoms with Gasteiger partial charge in [-0.15, -0.1) is 10.2 Å². The Kier molecular flexibility index (Phi) is 4.00. The van der Waals surface area contributed by atoms with Gasteiger partial charge in [-0.25, -0.2) is 18.1 Å². The van der Waals surface area contributed by atoms with Crippen molar-refractivity contribution in [3.63, 3.8) is 0 Å². The monoisotopic (exact) mass is 388 g/mol. The lowest BCUT2D eigenvalue weighted by atomic mass is 10.2. The van der Waals surface area contributed by atoms with Gasteiger partial charge in [-0.05, 0) is 26.0 Å².